The number of hydrogen-bond donors (Lipinski definition) is 2. The summed E-state index contributed by atoms with van der Waals surface area (Å²) in [6.07, 6.45) is -4.89. The molecular formula is C26H28ClF3N4O4. The van der Waals surface area contributed by atoms with Crippen LogP contribution in [0.3, 0.4) is 0 Å². The van der Waals surface area contributed by atoms with Crippen molar-refractivity contribution in [1.82, 2.24) is 20.4 Å². The van der Waals surface area contributed by atoms with Crippen molar-refractivity contribution in [3.05, 3.63) is 69.2 Å². The molecule has 3 amide bonds. The van der Waals surface area contributed by atoms with Gasteiger partial charge in [0, 0.05) is 48.3 Å². The number of methoxy groups -OCH3 is 1. The fraction of sp³-hybridized carbons (Fsp3) is 0.423. The van der Waals surface area contributed by atoms with Crippen LogP contribution in [-0.4, -0.2) is 60.9 Å². The van der Waals surface area contributed by atoms with Crippen molar-refractivity contribution in [2.75, 3.05) is 21.2 Å². The predicted molar refractivity (Wildman–Crippen MR) is 133 cm³/mol. The SMILES string of the molecule is COC1c2ccc(C(=O)NC(c3ccc(CN(C)C)cc3Cl)C(F)(F)F)cc2CN1C1CCC(=O)NC1=O. The monoisotopic (exact) mass is 552 g/mol. The van der Waals surface area contributed by atoms with E-state index < -0.39 is 36.3 Å². The molecule has 4 rings (SSSR count). The normalized spacial score (nSPS) is 20.8. The molecule has 3 atom stereocenters. The molecule has 2 N–H and O–H groups in total. The highest BCUT2D eigenvalue weighted by atomic mass is 35.5. The van der Waals surface area contributed by atoms with Gasteiger partial charge in [-0.1, -0.05) is 29.8 Å². The Bertz CT molecular complexity index is 1250. The number of alkyl halides is 3. The third-order valence-electron chi connectivity index (χ3n) is 6.64. The Morgan fingerprint density at radius 3 is 2.58 bits per heavy atom. The van der Waals surface area contributed by atoms with Gasteiger partial charge in [-0.25, -0.2) is 0 Å². The molecule has 0 aromatic heterocycles. The van der Waals surface area contributed by atoms with Gasteiger partial charge in [-0.05, 0) is 49.8 Å². The number of amides is 3. The Hall–Kier alpha value is -2.99. The van der Waals surface area contributed by atoms with Crippen LogP contribution in [0.4, 0.5) is 13.2 Å². The van der Waals surface area contributed by atoms with E-state index in [9.17, 15) is 27.6 Å². The first-order valence-electron chi connectivity index (χ1n) is 11.9. The van der Waals surface area contributed by atoms with Gasteiger partial charge in [0.05, 0.1) is 6.04 Å². The largest absolute Gasteiger partial charge is 0.412 e. The van der Waals surface area contributed by atoms with Crippen molar-refractivity contribution >= 4 is 29.3 Å². The summed E-state index contributed by atoms with van der Waals surface area (Å²) in [5.41, 5.74) is 1.85. The number of imide groups is 1. The minimum absolute atomic E-state index is 0.0262. The number of rotatable bonds is 7. The number of nitrogens with one attached hydrogen (secondary N) is 2. The highest BCUT2D eigenvalue weighted by molar-refractivity contribution is 6.31. The first-order valence-corrected chi connectivity index (χ1v) is 12.3. The molecule has 2 aromatic rings. The Morgan fingerprint density at radius 2 is 1.97 bits per heavy atom. The molecule has 1 fully saturated rings. The average molecular weight is 553 g/mol. The smallest absolute Gasteiger partial charge is 0.362 e. The summed E-state index contributed by atoms with van der Waals surface area (Å²) >= 11 is 6.22. The Morgan fingerprint density at radius 1 is 1.24 bits per heavy atom. The van der Waals surface area contributed by atoms with Crippen LogP contribution in [0, 0.1) is 0 Å². The third-order valence-corrected chi connectivity index (χ3v) is 6.96. The first kappa shape index (κ1) is 28.0. The first-order chi connectivity index (χ1) is 17.9. The number of carbonyl (C=O) groups is 3. The van der Waals surface area contributed by atoms with Crippen LogP contribution in [0.2, 0.25) is 5.02 Å². The molecule has 0 bridgehead atoms. The second-order valence-corrected chi connectivity index (χ2v) is 10.1. The number of hydrogen-bond acceptors (Lipinski definition) is 6. The minimum Gasteiger partial charge on any atom is -0.362 e. The second-order valence-electron chi connectivity index (χ2n) is 9.68. The molecule has 8 nitrogen and oxygen atoms in total. The summed E-state index contributed by atoms with van der Waals surface area (Å²) in [7, 11) is 5.13. The molecule has 0 aliphatic carbocycles. The third kappa shape index (κ3) is 5.85. The zero-order valence-corrected chi connectivity index (χ0v) is 21.8. The zero-order chi connectivity index (χ0) is 27.8. The lowest BCUT2D eigenvalue weighted by Crippen LogP contribution is -2.52. The predicted octanol–water partition coefficient (Wildman–Crippen LogP) is 3.70. The van der Waals surface area contributed by atoms with E-state index in [1.165, 1.54) is 31.4 Å². The quantitative estimate of drug-likeness (QED) is 0.509. The van der Waals surface area contributed by atoms with Gasteiger partial charge in [0.1, 0.15) is 6.23 Å². The lowest BCUT2D eigenvalue weighted by molar-refractivity contribution is -0.155. The van der Waals surface area contributed by atoms with Gasteiger partial charge in [0.25, 0.3) is 5.91 Å². The van der Waals surface area contributed by atoms with Crippen molar-refractivity contribution < 1.29 is 32.3 Å². The van der Waals surface area contributed by atoms with Gasteiger partial charge in [-0.15, -0.1) is 0 Å². The summed E-state index contributed by atoms with van der Waals surface area (Å²) < 4.78 is 47.7. The molecule has 38 heavy (non-hydrogen) atoms. The van der Waals surface area contributed by atoms with Gasteiger partial charge in [0.2, 0.25) is 11.8 Å². The molecule has 0 saturated carbocycles. The van der Waals surface area contributed by atoms with Crippen LogP contribution in [0.5, 0.6) is 0 Å². The number of nitrogens with zero attached hydrogens (tertiary/aromatic N) is 2. The highest BCUT2D eigenvalue weighted by Crippen LogP contribution is 2.39. The van der Waals surface area contributed by atoms with E-state index in [2.05, 4.69) is 10.6 Å². The lowest BCUT2D eigenvalue weighted by atomic mass is 10.0. The minimum atomic E-state index is -4.79. The van der Waals surface area contributed by atoms with Crippen LogP contribution in [0.15, 0.2) is 36.4 Å². The van der Waals surface area contributed by atoms with E-state index in [0.717, 1.165) is 5.56 Å². The van der Waals surface area contributed by atoms with Crippen molar-refractivity contribution in [2.24, 2.45) is 0 Å². The Labute approximate surface area is 223 Å². The number of halogens is 4. The molecule has 2 heterocycles. The maximum Gasteiger partial charge on any atom is 0.412 e. The summed E-state index contributed by atoms with van der Waals surface area (Å²) in [4.78, 5) is 40.6. The van der Waals surface area contributed by atoms with Gasteiger partial charge in [-0.2, -0.15) is 13.2 Å². The molecule has 1 saturated heterocycles. The molecular weight excluding hydrogens is 525 g/mol. The summed E-state index contributed by atoms with van der Waals surface area (Å²) in [5, 5.41) is 4.31. The molecule has 204 valence electrons. The van der Waals surface area contributed by atoms with E-state index in [1.54, 1.807) is 17.0 Å². The highest BCUT2D eigenvalue weighted by Gasteiger charge is 2.44. The van der Waals surface area contributed by atoms with Crippen LogP contribution in [0.25, 0.3) is 0 Å². The van der Waals surface area contributed by atoms with Gasteiger partial charge in [-0.3, -0.25) is 24.6 Å². The van der Waals surface area contributed by atoms with Gasteiger partial charge >= 0.3 is 6.18 Å². The van der Waals surface area contributed by atoms with E-state index >= 15 is 0 Å². The van der Waals surface area contributed by atoms with Crippen LogP contribution >= 0.6 is 11.6 Å². The van der Waals surface area contributed by atoms with Crippen LogP contribution < -0.4 is 10.6 Å². The lowest BCUT2D eigenvalue weighted by Gasteiger charge is -2.33. The maximum absolute atomic E-state index is 14.0. The van der Waals surface area contributed by atoms with E-state index in [0.29, 0.717) is 24.1 Å². The summed E-state index contributed by atoms with van der Waals surface area (Å²) in [6, 6.07) is 5.90. The van der Waals surface area contributed by atoms with Crippen molar-refractivity contribution in [2.45, 2.75) is 50.4 Å². The summed E-state index contributed by atoms with van der Waals surface area (Å²) in [5.74, 6) is -1.70. The van der Waals surface area contributed by atoms with E-state index in [1.807, 2.05) is 19.0 Å². The fourth-order valence-corrected chi connectivity index (χ4v) is 5.25. The van der Waals surface area contributed by atoms with E-state index in [4.69, 9.17) is 16.3 Å². The molecule has 0 radical (unpaired) electrons. The topological polar surface area (TPSA) is 91.0 Å². The molecule has 12 heteroatoms. The van der Waals surface area contributed by atoms with Crippen LogP contribution in [0.1, 0.15) is 57.7 Å². The average Bonchev–Trinajstić information content (AvgIpc) is 3.19. The number of ether oxygens (including phenoxy) is 1. The zero-order valence-electron chi connectivity index (χ0n) is 21.1. The Kier molecular flexibility index (Phi) is 8.12. The fourth-order valence-electron chi connectivity index (χ4n) is 4.94. The Balaban J connectivity index is 1.56. The number of piperidine rings is 1. The summed E-state index contributed by atoms with van der Waals surface area (Å²) in [6.45, 7) is 0.722. The van der Waals surface area contributed by atoms with Crippen LogP contribution in [-0.2, 0) is 27.4 Å². The molecule has 2 aromatic carbocycles. The molecule has 2 aliphatic rings. The molecule has 2 aliphatic heterocycles. The second kappa shape index (κ2) is 11.0. The number of benzene rings is 2. The van der Waals surface area contributed by atoms with Crippen molar-refractivity contribution in [3.63, 3.8) is 0 Å². The van der Waals surface area contributed by atoms with Gasteiger partial charge < -0.3 is 15.0 Å². The number of carbonyl (C=O) groups excluding carboxylic acids is 3. The maximum atomic E-state index is 14.0. The van der Waals surface area contributed by atoms with Crippen molar-refractivity contribution in [1.29, 1.82) is 0 Å². The van der Waals surface area contributed by atoms with Crippen molar-refractivity contribution in [3.8, 4) is 0 Å². The number of fused-ring (bicyclic) bond motifs is 1. The van der Waals surface area contributed by atoms with E-state index in [-0.39, 0.29) is 35.0 Å². The van der Waals surface area contributed by atoms with Gasteiger partial charge in [0.15, 0.2) is 6.04 Å². The molecule has 0 spiro atoms. The standard InChI is InChI=1S/C26H28ClF3N4O4/c1-33(2)12-14-4-6-18(19(27)10-14)22(26(28,29)30)32-23(36)15-5-7-17-16(11-15)13-34(25(17)38-3)20-8-9-21(35)31-24(20)37/h4-7,10-11,20,22,25H,8-9,12-13H2,1-3H3,(H,32,36)(H,31,35,37). The molecule has 3 unspecified atom stereocenters.